The Kier molecular flexibility index (Phi) is 4.14. The zero-order valence-corrected chi connectivity index (χ0v) is 12.1. The largest absolute Gasteiger partial charge is 0.311 e. The monoisotopic (exact) mass is 238 g/mol. The van der Waals surface area contributed by atoms with E-state index in [1.807, 2.05) is 0 Å². The molecule has 2 nitrogen and oxygen atoms in total. The van der Waals surface area contributed by atoms with Crippen molar-refractivity contribution in [2.45, 2.75) is 77.4 Å². The molecule has 17 heavy (non-hydrogen) atoms. The summed E-state index contributed by atoms with van der Waals surface area (Å²) in [5, 5.41) is 3.77. The van der Waals surface area contributed by atoms with E-state index in [-0.39, 0.29) is 0 Å². The summed E-state index contributed by atoms with van der Waals surface area (Å²) < 4.78 is 0. The Balaban J connectivity index is 2.08. The molecule has 0 bridgehead atoms. The lowest BCUT2D eigenvalue weighted by Crippen LogP contribution is -2.66. The van der Waals surface area contributed by atoms with Crippen LogP contribution in [0.25, 0.3) is 0 Å². The molecule has 1 N–H and O–H groups in total. The van der Waals surface area contributed by atoms with Gasteiger partial charge in [-0.3, -0.25) is 4.90 Å². The third-order valence-electron chi connectivity index (χ3n) is 5.01. The maximum absolute atomic E-state index is 3.77. The van der Waals surface area contributed by atoms with Crippen LogP contribution >= 0.6 is 0 Å². The van der Waals surface area contributed by atoms with Crippen LogP contribution in [0.3, 0.4) is 0 Å². The lowest BCUT2D eigenvalue weighted by Gasteiger charge is -2.51. The molecular formula is C15H30N2. The molecule has 0 aromatic heterocycles. The van der Waals surface area contributed by atoms with Crippen LogP contribution in [0.2, 0.25) is 0 Å². The molecule has 0 aromatic rings. The third-order valence-corrected chi connectivity index (χ3v) is 5.01. The minimum atomic E-state index is 0.431. The molecule has 2 rings (SSSR count). The number of nitrogens with one attached hydrogen (secondary N) is 1. The minimum absolute atomic E-state index is 0.431. The maximum Gasteiger partial charge on any atom is 0.0337 e. The molecule has 1 heterocycles. The van der Waals surface area contributed by atoms with Crippen molar-refractivity contribution in [3.05, 3.63) is 0 Å². The summed E-state index contributed by atoms with van der Waals surface area (Å²) in [5.74, 6) is 0.951. The molecule has 1 aliphatic heterocycles. The Hall–Kier alpha value is -0.0800. The molecule has 3 atom stereocenters. The molecule has 0 amide bonds. The first-order valence-electron chi connectivity index (χ1n) is 7.62. The van der Waals surface area contributed by atoms with Crippen LogP contribution < -0.4 is 5.32 Å². The summed E-state index contributed by atoms with van der Waals surface area (Å²) in [5.41, 5.74) is 0.431. The van der Waals surface area contributed by atoms with Gasteiger partial charge in [-0.2, -0.15) is 0 Å². The molecule has 0 spiro atoms. The van der Waals surface area contributed by atoms with E-state index < -0.39 is 0 Å². The molecule has 2 aliphatic rings. The summed E-state index contributed by atoms with van der Waals surface area (Å²) in [7, 11) is 0. The lowest BCUT2D eigenvalue weighted by molar-refractivity contribution is 0.000239. The van der Waals surface area contributed by atoms with Crippen molar-refractivity contribution < 1.29 is 0 Å². The number of nitrogens with zero attached hydrogens (tertiary/aromatic N) is 1. The van der Waals surface area contributed by atoms with Crippen molar-refractivity contribution in [3.63, 3.8) is 0 Å². The highest BCUT2D eigenvalue weighted by Crippen LogP contribution is 2.45. The second-order valence-electron chi connectivity index (χ2n) is 6.41. The van der Waals surface area contributed by atoms with Crippen molar-refractivity contribution in [1.29, 1.82) is 0 Å². The first-order chi connectivity index (χ1) is 8.11. The SMILES string of the molecule is CCCC(C)N1CC(CC)NCC1(C)C1CC1. The summed E-state index contributed by atoms with van der Waals surface area (Å²) in [6.07, 6.45) is 6.81. The predicted octanol–water partition coefficient (Wildman–Crippen LogP) is 3.03. The zero-order valence-electron chi connectivity index (χ0n) is 12.1. The summed E-state index contributed by atoms with van der Waals surface area (Å²) in [6, 6.07) is 1.46. The van der Waals surface area contributed by atoms with E-state index in [1.54, 1.807) is 0 Å². The Bertz CT molecular complexity index is 249. The second kappa shape index (κ2) is 5.27. The van der Waals surface area contributed by atoms with E-state index in [0.29, 0.717) is 11.6 Å². The lowest BCUT2D eigenvalue weighted by atomic mass is 9.87. The Morgan fingerprint density at radius 3 is 2.59 bits per heavy atom. The molecular weight excluding hydrogens is 208 g/mol. The third kappa shape index (κ3) is 2.68. The van der Waals surface area contributed by atoms with Gasteiger partial charge < -0.3 is 5.32 Å². The van der Waals surface area contributed by atoms with Crippen molar-refractivity contribution in [1.82, 2.24) is 10.2 Å². The smallest absolute Gasteiger partial charge is 0.0337 e. The van der Waals surface area contributed by atoms with E-state index in [4.69, 9.17) is 0 Å². The fourth-order valence-electron chi connectivity index (χ4n) is 3.58. The number of hydrogen-bond acceptors (Lipinski definition) is 2. The van der Waals surface area contributed by atoms with Gasteiger partial charge in [-0.1, -0.05) is 20.3 Å². The van der Waals surface area contributed by atoms with Gasteiger partial charge in [0.15, 0.2) is 0 Å². The van der Waals surface area contributed by atoms with Crippen molar-refractivity contribution in [2.24, 2.45) is 5.92 Å². The minimum Gasteiger partial charge on any atom is -0.311 e. The van der Waals surface area contributed by atoms with Crippen LogP contribution in [0.5, 0.6) is 0 Å². The average Bonchev–Trinajstić information content (AvgIpc) is 3.14. The van der Waals surface area contributed by atoms with E-state index >= 15 is 0 Å². The van der Waals surface area contributed by atoms with Crippen LogP contribution in [0.1, 0.15) is 59.8 Å². The highest BCUT2D eigenvalue weighted by atomic mass is 15.3. The molecule has 0 aromatic carbocycles. The molecule has 100 valence electrons. The first kappa shape index (κ1) is 13.4. The van der Waals surface area contributed by atoms with Crippen LogP contribution in [-0.2, 0) is 0 Å². The first-order valence-corrected chi connectivity index (χ1v) is 7.62. The van der Waals surface area contributed by atoms with Gasteiger partial charge in [-0.15, -0.1) is 0 Å². The van der Waals surface area contributed by atoms with E-state index in [0.717, 1.165) is 12.0 Å². The second-order valence-corrected chi connectivity index (χ2v) is 6.41. The van der Waals surface area contributed by atoms with Crippen molar-refractivity contribution in [3.8, 4) is 0 Å². The summed E-state index contributed by atoms with van der Waals surface area (Å²) in [4.78, 5) is 2.83. The van der Waals surface area contributed by atoms with E-state index in [9.17, 15) is 0 Å². The zero-order chi connectivity index (χ0) is 12.5. The normalized spacial score (nSPS) is 37.1. The Labute approximate surface area is 107 Å². The van der Waals surface area contributed by atoms with Crippen LogP contribution in [0.15, 0.2) is 0 Å². The fourth-order valence-corrected chi connectivity index (χ4v) is 3.58. The van der Waals surface area contributed by atoms with Crippen molar-refractivity contribution in [2.75, 3.05) is 13.1 Å². The number of hydrogen-bond donors (Lipinski definition) is 1. The van der Waals surface area contributed by atoms with Gasteiger partial charge >= 0.3 is 0 Å². The Morgan fingerprint density at radius 2 is 2.06 bits per heavy atom. The number of rotatable bonds is 5. The molecule has 3 unspecified atom stereocenters. The molecule has 2 heteroatoms. The van der Waals surface area contributed by atoms with Crippen LogP contribution in [0.4, 0.5) is 0 Å². The van der Waals surface area contributed by atoms with Gasteiger partial charge in [-0.05, 0) is 45.4 Å². The van der Waals surface area contributed by atoms with E-state index in [2.05, 4.69) is 37.9 Å². The summed E-state index contributed by atoms with van der Waals surface area (Å²) >= 11 is 0. The number of piperazine rings is 1. The fraction of sp³-hybridized carbons (Fsp3) is 1.00. The topological polar surface area (TPSA) is 15.3 Å². The van der Waals surface area contributed by atoms with Gasteiger partial charge in [0.1, 0.15) is 0 Å². The maximum atomic E-state index is 3.77. The van der Waals surface area contributed by atoms with Crippen molar-refractivity contribution >= 4 is 0 Å². The molecule has 2 fully saturated rings. The van der Waals surface area contributed by atoms with Gasteiger partial charge in [0, 0.05) is 30.7 Å². The Morgan fingerprint density at radius 1 is 1.35 bits per heavy atom. The quantitative estimate of drug-likeness (QED) is 0.792. The predicted molar refractivity (Wildman–Crippen MR) is 74.3 cm³/mol. The average molecular weight is 238 g/mol. The van der Waals surface area contributed by atoms with Gasteiger partial charge in [0.05, 0.1) is 0 Å². The molecule has 1 aliphatic carbocycles. The standard InChI is InChI=1S/C15H30N2/c1-5-7-12(3)17-10-14(6-2)16-11-15(17,4)13-8-9-13/h12-14,16H,5-11H2,1-4H3. The molecule has 1 saturated carbocycles. The molecule has 1 saturated heterocycles. The highest BCUT2D eigenvalue weighted by Gasteiger charge is 2.49. The van der Waals surface area contributed by atoms with Crippen LogP contribution in [-0.4, -0.2) is 35.6 Å². The van der Waals surface area contributed by atoms with Gasteiger partial charge in [0.25, 0.3) is 0 Å². The highest BCUT2D eigenvalue weighted by molar-refractivity contribution is 5.05. The van der Waals surface area contributed by atoms with Gasteiger partial charge in [0.2, 0.25) is 0 Å². The van der Waals surface area contributed by atoms with Crippen LogP contribution in [0, 0.1) is 5.92 Å². The van der Waals surface area contributed by atoms with E-state index in [1.165, 1.54) is 45.2 Å². The van der Waals surface area contributed by atoms with Gasteiger partial charge in [-0.25, -0.2) is 0 Å². The summed E-state index contributed by atoms with van der Waals surface area (Å²) in [6.45, 7) is 12.0. The molecule has 0 radical (unpaired) electrons.